The van der Waals surface area contributed by atoms with E-state index in [4.69, 9.17) is 4.74 Å². The Bertz CT molecular complexity index is 1260. The van der Waals surface area contributed by atoms with Crippen LogP contribution in [0.25, 0.3) is 10.8 Å². The predicted molar refractivity (Wildman–Crippen MR) is 123 cm³/mol. The summed E-state index contributed by atoms with van der Waals surface area (Å²) >= 11 is 0. The number of ether oxygens (including phenoxy) is 1. The quantitative estimate of drug-likeness (QED) is 0.525. The van der Waals surface area contributed by atoms with Gasteiger partial charge in [-0.15, -0.1) is 0 Å². The highest BCUT2D eigenvalue weighted by Crippen LogP contribution is 2.27. The second kappa shape index (κ2) is 8.72. The zero-order chi connectivity index (χ0) is 21.9. The molecule has 0 bridgehead atoms. The Morgan fingerprint density at radius 1 is 1.06 bits per heavy atom. The Labute approximate surface area is 186 Å². The maximum absolute atomic E-state index is 13.3. The Morgan fingerprint density at radius 2 is 1.94 bits per heavy atom. The fourth-order valence-electron chi connectivity index (χ4n) is 3.97. The summed E-state index contributed by atoms with van der Waals surface area (Å²) in [5.74, 6) is 0.669. The zero-order valence-electron chi connectivity index (χ0n) is 17.7. The van der Waals surface area contributed by atoms with Crippen molar-refractivity contribution in [3.8, 4) is 0 Å². The van der Waals surface area contributed by atoms with Crippen LogP contribution in [0.5, 0.6) is 0 Å². The van der Waals surface area contributed by atoms with Crippen LogP contribution in [0.2, 0.25) is 0 Å². The van der Waals surface area contributed by atoms with Gasteiger partial charge in [0.15, 0.2) is 0 Å². The molecule has 1 amide bonds. The Kier molecular flexibility index (Phi) is 5.47. The summed E-state index contributed by atoms with van der Waals surface area (Å²) in [7, 11) is 0. The van der Waals surface area contributed by atoms with E-state index in [9.17, 15) is 4.79 Å². The minimum Gasteiger partial charge on any atom is -0.368 e. The van der Waals surface area contributed by atoms with Crippen LogP contribution in [0.1, 0.15) is 28.0 Å². The minimum absolute atomic E-state index is 0.0883. The van der Waals surface area contributed by atoms with Crippen molar-refractivity contribution >= 4 is 28.2 Å². The smallest absolute Gasteiger partial charge is 0.273 e. The first-order valence-corrected chi connectivity index (χ1v) is 10.6. The number of amides is 1. The van der Waals surface area contributed by atoms with Crippen LogP contribution in [0.15, 0.2) is 73.1 Å². The third kappa shape index (κ3) is 4.15. The number of fused-ring (bicyclic) bond motifs is 1. The van der Waals surface area contributed by atoms with Crippen LogP contribution in [-0.4, -0.2) is 45.5 Å². The number of benzene rings is 1. The van der Waals surface area contributed by atoms with Gasteiger partial charge in [0.1, 0.15) is 17.6 Å². The molecule has 0 spiro atoms. The number of aromatic nitrogens is 3. The van der Waals surface area contributed by atoms with Gasteiger partial charge in [-0.25, -0.2) is 4.98 Å². The van der Waals surface area contributed by atoms with Gasteiger partial charge in [-0.05, 0) is 42.6 Å². The second-order valence-electron chi connectivity index (χ2n) is 7.75. The summed E-state index contributed by atoms with van der Waals surface area (Å²) in [6.07, 6.45) is 3.11. The molecule has 7 nitrogen and oxygen atoms in total. The number of carbonyl (C=O) groups is 1. The van der Waals surface area contributed by atoms with Crippen molar-refractivity contribution in [3.05, 3.63) is 90.1 Å². The largest absolute Gasteiger partial charge is 0.368 e. The topological polar surface area (TPSA) is 80.2 Å². The predicted octanol–water partition coefficient (Wildman–Crippen LogP) is 4.29. The third-order valence-electron chi connectivity index (χ3n) is 5.47. The molecule has 1 aliphatic rings. The molecule has 4 heterocycles. The number of carbonyl (C=O) groups excluding carboxylic acids is 1. The minimum atomic E-state index is -0.313. The Hall–Kier alpha value is -3.84. The normalized spacial score (nSPS) is 16.2. The third-order valence-corrected chi connectivity index (χ3v) is 5.47. The molecule has 0 radical (unpaired) electrons. The highest BCUT2D eigenvalue weighted by atomic mass is 16.5. The average Bonchev–Trinajstić information content (AvgIpc) is 2.83. The fourth-order valence-corrected chi connectivity index (χ4v) is 3.97. The molecule has 160 valence electrons. The molecule has 0 unspecified atom stereocenters. The zero-order valence-corrected chi connectivity index (χ0v) is 17.7. The van der Waals surface area contributed by atoms with Crippen molar-refractivity contribution in [2.75, 3.05) is 25.0 Å². The van der Waals surface area contributed by atoms with E-state index in [0.29, 0.717) is 25.4 Å². The van der Waals surface area contributed by atoms with Crippen LogP contribution in [-0.2, 0) is 4.74 Å². The molecule has 0 saturated carbocycles. The number of nitrogens with zero attached hydrogens (tertiary/aromatic N) is 4. The van der Waals surface area contributed by atoms with Gasteiger partial charge in [0, 0.05) is 35.7 Å². The molecule has 1 N–H and O–H groups in total. The molecule has 3 aromatic heterocycles. The SMILES string of the molecule is Cc1cc(Nc2ccccn2)cc([C@H]2CN(C(=O)c3nccc4ccccc34)CCO2)n1. The molecule has 4 aromatic rings. The summed E-state index contributed by atoms with van der Waals surface area (Å²) in [5, 5.41) is 5.17. The van der Waals surface area contributed by atoms with Gasteiger partial charge < -0.3 is 15.0 Å². The van der Waals surface area contributed by atoms with Gasteiger partial charge in [-0.1, -0.05) is 30.3 Å². The molecule has 7 heteroatoms. The summed E-state index contributed by atoms with van der Waals surface area (Å²) in [6, 6.07) is 19.4. The van der Waals surface area contributed by atoms with Crippen molar-refractivity contribution < 1.29 is 9.53 Å². The molecule has 5 rings (SSSR count). The Balaban J connectivity index is 1.38. The number of hydrogen-bond acceptors (Lipinski definition) is 6. The summed E-state index contributed by atoms with van der Waals surface area (Å²) in [5.41, 5.74) is 3.00. The number of morpholine rings is 1. The molecule has 1 fully saturated rings. The summed E-state index contributed by atoms with van der Waals surface area (Å²) in [6.45, 7) is 3.33. The average molecular weight is 425 g/mol. The van der Waals surface area contributed by atoms with Crippen LogP contribution in [0.3, 0.4) is 0 Å². The van der Waals surface area contributed by atoms with Crippen molar-refractivity contribution in [2.45, 2.75) is 13.0 Å². The van der Waals surface area contributed by atoms with E-state index in [2.05, 4.69) is 20.3 Å². The molecular weight excluding hydrogens is 402 g/mol. The monoisotopic (exact) mass is 425 g/mol. The fraction of sp³-hybridized carbons (Fsp3) is 0.200. The van der Waals surface area contributed by atoms with Gasteiger partial charge in [0.05, 0.1) is 18.8 Å². The number of rotatable bonds is 4. The lowest BCUT2D eigenvalue weighted by atomic mass is 10.1. The van der Waals surface area contributed by atoms with Crippen LogP contribution < -0.4 is 5.32 Å². The van der Waals surface area contributed by atoms with E-state index < -0.39 is 0 Å². The van der Waals surface area contributed by atoms with Crippen molar-refractivity contribution in [3.63, 3.8) is 0 Å². The second-order valence-corrected chi connectivity index (χ2v) is 7.75. The lowest BCUT2D eigenvalue weighted by molar-refractivity contribution is -0.0248. The number of anilines is 2. The van der Waals surface area contributed by atoms with E-state index in [0.717, 1.165) is 33.7 Å². The molecule has 0 aliphatic carbocycles. The summed E-state index contributed by atoms with van der Waals surface area (Å²) < 4.78 is 6.01. The molecule has 1 atom stereocenters. The van der Waals surface area contributed by atoms with E-state index in [1.54, 1.807) is 17.3 Å². The number of pyridine rings is 3. The van der Waals surface area contributed by atoms with Gasteiger partial charge in [0.25, 0.3) is 5.91 Å². The highest BCUT2D eigenvalue weighted by Gasteiger charge is 2.28. The van der Waals surface area contributed by atoms with Crippen LogP contribution in [0, 0.1) is 6.92 Å². The van der Waals surface area contributed by atoms with Gasteiger partial charge in [-0.2, -0.15) is 0 Å². The molecule has 1 aromatic carbocycles. The van der Waals surface area contributed by atoms with E-state index >= 15 is 0 Å². The van der Waals surface area contributed by atoms with Crippen LogP contribution in [0.4, 0.5) is 11.5 Å². The van der Waals surface area contributed by atoms with E-state index in [1.807, 2.05) is 67.6 Å². The highest BCUT2D eigenvalue weighted by molar-refractivity contribution is 6.05. The van der Waals surface area contributed by atoms with E-state index in [-0.39, 0.29) is 12.0 Å². The van der Waals surface area contributed by atoms with Crippen molar-refractivity contribution in [1.29, 1.82) is 0 Å². The standard InChI is InChI=1S/C25H23N5O2/c1-17-14-19(29-23-8-4-5-10-26-23)15-21(28-17)22-16-30(12-13-32-22)25(31)24-20-7-3-2-6-18(20)9-11-27-24/h2-11,14-15,22H,12-13,16H2,1H3,(H,26,28,29)/t22-/m1/s1. The number of hydrogen-bond donors (Lipinski definition) is 1. The molecular formula is C25H23N5O2. The maximum Gasteiger partial charge on any atom is 0.273 e. The molecule has 32 heavy (non-hydrogen) atoms. The van der Waals surface area contributed by atoms with Gasteiger partial charge in [0.2, 0.25) is 0 Å². The van der Waals surface area contributed by atoms with Gasteiger partial charge >= 0.3 is 0 Å². The first-order chi connectivity index (χ1) is 15.7. The van der Waals surface area contributed by atoms with Crippen molar-refractivity contribution in [1.82, 2.24) is 19.9 Å². The summed E-state index contributed by atoms with van der Waals surface area (Å²) in [4.78, 5) is 28.5. The first-order valence-electron chi connectivity index (χ1n) is 10.6. The molecule has 1 aliphatic heterocycles. The maximum atomic E-state index is 13.3. The lowest BCUT2D eigenvalue weighted by Gasteiger charge is -2.33. The first kappa shape index (κ1) is 20.1. The van der Waals surface area contributed by atoms with Gasteiger partial charge in [-0.3, -0.25) is 14.8 Å². The molecule has 1 saturated heterocycles. The number of nitrogens with one attached hydrogen (secondary N) is 1. The lowest BCUT2D eigenvalue weighted by Crippen LogP contribution is -2.42. The van der Waals surface area contributed by atoms with E-state index in [1.165, 1.54) is 0 Å². The van der Waals surface area contributed by atoms with Crippen molar-refractivity contribution in [2.24, 2.45) is 0 Å². The Morgan fingerprint density at radius 3 is 2.81 bits per heavy atom. The number of aryl methyl sites for hydroxylation is 1. The van der Waals surface area contributed by atoms with Crippen LogP contribution >= 0.6 is 0 Å².